The minimum Gasteiger partial charge on any atom is -0.237 e. The Labute approximate surface area is 100.0 Å². The number of hydrogen-bond donors (Lipinski definition) is 0. The van der Waals surface area contributed by atoms with Gasteiger partial charge in [-0.15, -0.1) is 0 Å². The predicted molar refractivity (Wildman–Crippen MR) is 68.5 cm³/mol. The Hall–Kier alpha value is -1.41. The molecule has 0 N–H and O–H groups in total. The number of fused-ring (bicyclic) bond motifs is 1. The summed E-state index contributed by atoms with van der Waals surface area (Å²) in [7, 11) is 0. The number of rotatable bonds is 2. The lowest BCUT2D eigenvalue weighted by Gasteiger charge is -2.10. The van der Waals surface area contributed by atoms with E-state index in [1.165, 1.54) is 11.1 Å². The van der Waals surface area contributed by atoms with Gasteiger partial charge in [-0.1, -0.05) is 25.4 Å². The minimum atomic E-state index is 0.417. The van der Waals surface area contributed by atoms with E-state index in [-0.39, 0.29) is 0 Å². The molecule has 2 aromatic heterocycles. The van der Waals surface area contributed by atoms with Crippen LogP contribution in [0.15, 0.2) is 29.9 Å². The third kappa shape index (κ3) is 2.07. The molecular weight excluding hydrogens is 220 g/mol. The maximum atomic E-state index is 5.62. The van der Waals surface area contributed by atoms with Gasteiger partial charge in [0, 0.05) is 17.1 Å². The zero-order valence-corrected chi connectivity index (χ0v) is 10.1. The monoisotopic (exact) mass is 232 g/mol. The quantitative estimate of drug-likeness (QED) is 0.783. The molecule has 0 fully saturated rings. The molecule has 3 heteroatoms. The summed E-state index contributed by atoms with van der Waals surface area (Å²) in [5.41, 5.74) is 4.34. The summed E-state index contributed by atoms with van der Waals surface area (Å²) in [6.07, 6.45) is 3.56. The lowest BCUT2D eigenvalue weighted by atomic mass is 10.00. The zero-order chi connectivity index (χ0) is 11.5. The van der Waals surface area contributed by atoms with Gasteiger partial charge < -0.3 is 0 Å². The van der Waals surface area contributed by atoms with Gasteiger partial charge in [0.05, 0.1) is 5.69 Å². The van der Waals surface area contributed by atoms with Gasteiger partial charge in [-0.25, -0.2) is 9.97 Å². The van der Waals surface area contributed by atoms with Gasteiger partial charge in [0.25, 0.3) is 0 Å². The highest BCUT2D eigenvalue weighted by Crippen LogP contribution is 2.23. The molecule has 0 aromatic carbocycles. The lowest BCUT2D eigenvalue weighted by Crippen LogP contribution is -1.97. The maximum absolute atomic E-state index is 5.62. The van der Waals surface area contributed by atoms with Crippen molar-refractivity contribution in [2.75, 3.05) is 0 Å². The summed E-state index contributed by atoms with van der Waals surface area (Å²) < 4.78 is 0. The van der Waals surface area contributed by atoms with Crippen LogP contribution in [0.1, 0.15) is 31.0 Å². The first-order chi connectivity index (χ1) is 7.72. The fourth-order valence-corrected chi connectivity index (χ4v) is 1.81. The fourth-order valence-electron chi connectivity index (χ4n) is 1.69. The summed E-state index contributed by atoms with van der Waals surface area (Å²) in [4.78, 5) is 8.74. The van der Waals surface area contributed by atoms with Crippen LogP contribution in [0.2, 0.25) is 0 Å². The van der Waals surface area contributed by atoms with Crippen LogP contribution in [0.25, 0.3) is 17.1 Å². The molecule has 2 aromatic rings. The first-order valence-electron chi connectivity index (χ1n) is 5.25. The Morgan fingerprint density at radius 2 is 2.19 bits per heavy atom. The molecule has 0 radical (unpaired) electrons. The predicted octanol–water partition coefficient (Wildman–Crippen LogP) is 3.96. The van der Waals surface area contributed by atoms with Crippen LogP contribution in [0, 0.1) is 0 Å². The van der Waals surface area contributed by atoms with Crippen molar-refractivity contribution >= 4 is 28.7 Å². The fraction of sp³-hybridized carbons (Fsp3) is 0.231. The SMILES string of the molecule is CC(C)c1cc2cccnc2nc1C=CCl. The Morgan fingerprint density at radius 3 is 2.88 bits per heavy atom. The van der Waals surface area contributed by atoms with E-state index in [2.05, 4.69) is 29.9 Å². The average molecular weight is 233 g/mol. The van der Waals surface area contributed by atoms with Crippen molar-refractivity contribution in [2.24, 2.45) is 0 Å². The van der Waals surface area contributed by atoms with E-state index in [0.717, 1.165) is 16.7 Å². The standard InChI is InChI=1S/C13H13ClN2/c1-9(2)11-8-10-4-3-7-15-13(10)16-12(11)5-6-14/h3-9H,1-2H3. The molecule has 2 heterocycles. The first-order valence-corrected chi connectivity index (χ1v) is 5.68. The Balaban J connectivity index is 2.70. The summed E-state index contributed by atoms with van der Waals surface area (Å²) in [5.74, 6) is 0.417. The number of aromatic nitrogens is 2. The van der Waals surface area contributed by atoms with Crippen molar-refractivity contribution in [3.8, 4) is 0 Å². The topological polar surface area (TPSA) is 25.8 Å². The van der Waals surface area contributed by atoms with Gasteiger partial charge in [0.1, 0.15) is 0 Å². The van der Waals surface area contributed by atoms with E-state index in [9.17, 15) is 0 Å². The second-order valence-electron chi connectivity index (χ2n) is 3.96. The largest absolute Gasteiger partial charge is 0.237 e. The lowest BCUT2D eigenvalue weighted by molar-refractivity contribution is 0.857. The molecule has 0 unspecified atom stereocenters. The van der Waals surface area contributed by atoms with Gasteiger partial charge in [0.15, 0.2) is 5.65 Å². The number of pyridine rings is 2. The second kappa shape index (κ2) is 4.62. The molecule has 0 spiro atoms. The normalized spacial score (nSPS) is 11.8. The third-order valence-corrected chi connectivity index (χ3v) is 2.62. The van der Waals surface area contributed by atoms with Crippen molar-refractivity contribution in [3.63, 3.8) is 0 Å². The second-order valence-corrected chi connectivity index (χ2v) is 4.21. The number of nitrogens with zero attached hydrogens (tertiary/aromatic N) is 2. The van der Waals surface area contributed by atoms with Crippen molar-refractivity contribution in [2.45, 2.75) is 19.8 Å². The molecule has 82 valence electrons. The van der Waals surface area contributed by atoms with Crippen molar-refractivity contribution in [1.29, 1.82) is 0 Å². The van der Waals surface area contributed by atoms with Crippen LogP contribution < -0.4 is 0 Å². The van der Waals surface area contributed by atoms with Crippen LogP contribution in [0.4, 0.5) is 0 Å². The van der Waals surface area contributed by atoms with Gasteiger partial charge in [-0.05, 0) is 35.8 Å². The minimum absolute atomic E-state index is 0.417. The summed E-state index contributed by atoms with van der Waals surface area (Å²) in [6, 6.07) is 6.08. The van der Waals surface area contributed by atoms with E-state index in [1.807, 2.05) is 18.2 Å². The van der Waals surface area contributed by atoms with E-state index in [1.54, 1.807) is 6.20 Å². The van der Waals surface area contributed by atoms with E-state index in [4.69, 9.17) is 11.6 Å². The molecule has 2 nitrogen and oxygen atoms in total. The first kappa shape index (κ1) is 11.1. The molecule has 16 heavy (non-hydrogen) atoms. The van der Waals surface area contributed by atoms with Crippen LogP contribution in [-0.2, 0) is 0 Å². The molecule has 0 aliphatic carbocycles. The van der Waals surface area contributed by atoms with Gasteiger partial charge in [-0.2, -0.15) is 0 Å². The molecule has 2 rings (SSSR count). The van der Waals surface area contributed by atoms with Crippen molar-refractivity contribution in [3.05, 3.63) is 41.2 Å². The highest BCUT2D eigenvalue weighted by atomic mass is 35.5. The maximum Gasteiger partial charge on any atom is 0.159 e. The van der Waals surface area contributed by atoms with Gasteiger partial charge in [0.2, 0.25) is 0 Å². The molecule has 0 amide bonds. The summed E-state index contributed by atoms with van der Waals surface area (Å²) in [5, 5.41) is 1.07. The zero-order valence-electron chi connectivity index (χ0n) is 9.31. The third-order valence-electron chi connectivity index (χ3n) is 2.49. The molecule has 0 saturated carbocycles. The van der Waals surface area contributed by atoms with E-state index >= 15 is 0 Å². The number of halogens is 1. The molecule has 0 aliphatic heterocycles. The highest BCUT2D eigenvalue weighted by Gasteiger charge is 2.08. The Morgan fingerprint density at radius 1 is 1.38 bits per heavy atom. The van der Waals surface area contributed by atoms with Crippen molar-refractivity contribution in [1.82, 2.24) is 9.97 Å². The smallest absolute Gasteiger partial charge is 0.159 e. The van der Waals surface area contributed by atoms with E-state index in [0.29, 0.717) is 5.92 Å². The van der Waals surface area contributed by atoms with Crippen LogP contribution in [0.3, 0.4) is 0 Å². The average Bonchev–Trinajstić information content (AvgIpc) is 2.28. The molecule has 0 atom stereocenters. The van der Waals surface area contributed by atoms with Crippen molar-refractivity contribution < 1.29 is 0 Å². The Kier molecular flexibility index (Phi) is 3.20. The van der Waals surface area contributed by atoms with E-state index < -0.39 is 0 Å². The van der Waals surface area contributed by atoms with Crippen LogP contribution in [-0.4, -0.2) is 9.97 Å². The molecule has 0 bridgehead atoms. The number of hydrogen-bond acceptors (Lipinski definition) is 2. The van der Waals surface area contributed by atoms with Crippen LogP contribution in [0.5, 0.6) is 0 Å². The van der Waals surface area contributed by atoms with Gasteiger partial charge >= 0.3 is 0 Å². The molecule has 0 aliphatic rings. The highest BCUT2D eigenvalue weighted by molar-refractivity contribution is 6.27. The summed E-state index contributed by atoms with van der Waals surface area (Å²) in [6.45, 7) is 4.29. The van der Waals surface area contributed by atoms with Crippen LogP contribution >= 0.6 is 11.6 Å². The van der Waals surface area contributed by atoms with Gasteiger partial charge in [-0.3, -0.25) is 0 Å². The molecular formula is C13H13ClN2. The molecule has 0 saturated heterocycles. The summed E-state index contributed by atoms with van der Waals surface area (Å²) >= 11 is 5.62. The Bertz CT molecular complexity index is 532.